The zero-order chi connectivity index (χ0) is 40.7. The van der Waals surface area contributed by atoms with Crippen LogP contribution in [0.3, 0.4) is 0 Å². The molecule has 4 aliphatic rings. The van der Waals surface area contributed by atoms with E-state index in [0.717, 1.165) is 5.69 Å². The third kappa shape index (κ3) is 8.39. The maximum Gasteiger partial charge on any atom is 0.311 e. The molecule has 4 bridgehead atoms. The fourth-order valence-electron chi connectivity index (χ4n) is 9.69. The molecule has 6 heterocycles. The molecule has 15 atom stereocenters. The lowest BCUT2D eigenvalue weighted by molar-refractivity contribution is -0.303. The van der Waals surface area contributed by atoms with E-state index in [9.17, 15) is 14.7 Å². The van der Waals surface area contributed by atoms with Gasteiger partial charge in [-0.3, -0.25) is 9.59 Å². The summed E-state index contributed by atoms with van der Waals surface area (Å²) < 4.78 is 40.3. The van der Waals surface area contributed by atoms with Crippen molar-refractivity contribution in [2.75, 3.05) is 33.0 Å². The van der Waals surface area contributed by atoms with Crippen LogP contribution in [0.4, 0.5) is 5.82 Å². The number of aromatic nitrogens is 3. The molecule has 2 aromatic rings. The van der Waals surface area contributed by atoms with Gasteiger partial charge in [0.15, 0.2) is 23.5 Å². The van der Waals surface area contributed by atoms with E-state index in [1.165, 1.54) is 0 Å². The Hall–Kier alpha value is -3.11. The summed E-state index contributed by atoms with van der Waals surface area (Å²) in [6.07, 6.45) is 0.436. The number of pyridine rings is 1. The van der Waals surface area contributed by atoms with E-state index in [1.54, 1.807) is 32.3 Å². The third-order valence-corrected chi connectivity index (χ3v) is 12.8. The number of esters is 1. The molecule has 4 fully saturated rings. The summed E-state index contributed by atoms with van der Waals surface area (Å²) in [5.41, 5.74) is 5.49. The standard InChI is InChI=1S/C42H63N5O9/c1-11-31-42(8)35(49)24(4)33(56-42)22(2)19-41(7)36(55-40-32(48)30(47(9)10)17-23(3)53-40)25(5)34(26(6)39(50)54-31)51-20-27(21-52-41)18-28-13-14-29(37(43)46-28)38-44-15-12-16-45-38/h12-16,22-27,30-34,36,40,48H,11,17-21H2,1-10H3,(H2,43,46)/t22-,23-,24?,25-,26-,27?,30+,31-,32-,33?,34+,36-,40+,41-,42?/m1/s1. The molecule has 4 aliphatic heterocycles. The van der Waals surface area contributed by atoms with Gasteiger partial charge in [0.2, 0.25) is 0 Å². The monoisotopic (exact) mass is 781 g/mol. The Morgan fingerprint density at radius 3 is 2.39 bits per heavy atom. The van der Waals surface area contributed by atoms with Crippen LogP contribution in [-0.2, 0) is 44.4 Å². The van der Waals surface area contributed by atoms with Gasteiger partial charge in [0.1, 0.15) is 18.0 Å². The van der Waals surface area contributed by atoms with Gasteiger partial charge < -0.3 is 44.2 Å². The number of aliphatic hydroxyl groups excluding tert-OH is 1. The van der Waals surface area contributed by atoms with Crippen LogP contribution in [0.15, 0.2) is 30.6 Å². The number of rotatable bonds is 7. The molecular formula is C42H63N5O9. The summed E-state index contributed by atoms with van der Waals surface area (Å²) in [7, 11) is 3.87. The smallest absolute Gasteiger partial charge is 0.311 e. The van der Waals surface area contributed by atoms with E-state index in [0.29, 0.717) is 42.9 Å². The number of cyclic esters (lactones) is 1. The average molecular weight is 782 g/mol. The van der Waals surface area contributed by atoms with Crippen LogP contribution >= 0.6 is 0 Å². The van der Waals surface area contributed by atoms with Gasteiger partial charge in [-0.15, -0.1) is 0 Å². The molecule has 3 N–H and O–H groups in total. The number of nitrogens with two attached hydrogens (primary N) is 1. The number of hydrogen-bond donors (Lipinski definition) is 2. The van der Waals surface area contributed by atoms with E-state index in [4.69, 9.17) is 39.1 Å². The van der Waals surface area contributed by atoms with E-state index < -0.39 is 71.7 Å². The van der Waals surface area contributed by atoms with Crippen LogP contribution in [0.1, 0.15) is 80.3 Å². The van der Waals surface area contributed by atoms with Gasteiger partial charge in [0.25, 0.3) is 0 Å². The normalized spacial score (nSPS) is 41.2. The molecule has 14 heteroatoms. The summed E-state index contributed by atoms with van der Waals surface area (Å²) in [6.45, 7) is 15.9. The number of Topliss-reactive ketones (excluding diaryl/α,β-unsaturated/α-hetero) is 1. The number of anilines is 1. The van der Waals surface area contributed by atoms with Gasteiger partial charge in [0, 0.05) is 41.9 Å². The van der Waals surface area contributed by atoms with Crippen molar-refractivity contribution in [3.05, 3.63) is 36.3 Å². The van der Waals surface area contributed by atoms with Crippen LogP contribution in [-0.4, -0.2) is 124 Å². The summed E-state index contributed by atoms with van der Waals surface area (Å²) >= 11 is 0. The molecule has 56 heavy (non-hydrogen) atoms. The lowest BCUT2D eigenvalue weighted by Crippen LogP contribution is -2.59. The molecular weight excluding hydrogens is 718 g/mol. The summed E-state index contributed by atoms with van der Waals surface area (Å²) in [4.78, 5) is 43.7. The van der Waals surface area contributed by atoms with Gasteiger partial charge in [-0.1, -0.05) is 27.7 Å². The Morgan fingerprint density at radius 1 is 1.02 bits per heavy atom. The fraction of sp³-hybridized carbons (Fsp3) is 0.738. The van der Waals surface area contributed by atoms with Crippen LogP contribution < -0.4 is 5.73 Å². The third-order valence-electron chi connectivity index (χ3n) is 12.8. The zero-order valence-corrected chi connectivity index (χ0v) is 34.7. The number of likely N-dealkylation sites (N-methyl/N-ethyl adjacent to an activating group) is 1. The van der Waals surface area contributed by atoms with Gasteiger partial charge in [0.05, 0.1) is 54.7 Å². The first-order valence-electron chi connectivity index (χ1n) is 20.3. The Bertz CT molecular complexity index is 1680. The van der Waals surface area contributed by atoms with E-state index >= 15 is 0 Å². The second-order valence-electron chi connectivity index (χ2n) is 17.4. The lowest BCUT2D eigenvalue weighted by Gasteiger charge is -2.48. The quantitative estimate of drug-likeness (QED) is 0.381. The van der Waals surface area contributed by atoms with Crippen molar-refractivity contribution in [1.29, 1.82) is 0 Å². The molecule has 0 saturated carbocycles. The summed E-state index contributed by atoms with van der Waals surface area (Å²) in [5.74, 6) is -1.84. The zero-order valence-electron chi connectivity index (χ0n) is 34.7. The molecule has 6 rings (SSSR count). The van der Waals surface area contributed by atoms with Crippen LogP contribution in [0.5, 0.6) is 0 Å². The minimum Gasteiger partial charge on any atom is -0.459 e. The van der Waals surface area contributed by atoms with Crippen LogP contribution in [0.2, 0.25) is 0 Å². The second kappa shape index (κ2) is 17.0. The maximum atomic E-state index is 14.3. The first-order chi connectivity index (χ1) is 26.5. The first-order valence-corrected chi connectivity index (χ1v) is 20.3. The molecule has 0 radical (unpaired) electrons. The van der Waals surface area contributed by atoms with Crippen LogP contribution in [0.25, 0.3) is 11.4 Å². The molecule has 2 aromatic heterocycles. The van der Waals surface area contributed by atoms with E-state index in [-0.39, 0.29) is 43.0 Å². The number of aliphatic hydroxyl groups is 1. The van der Waals surface area contributed by atoms with Gasteiger partial charge in [-0.25, -0.2) is 15.0 Å². The highest BCUT2D eigenvalue weighted by Crippen LogP contribution is 2.46. The minimum absolute atomic E-state index is 0.0845. The molecule has 0 spiro atoms. The number of nitrogen functional groups attached to an aromatic ring is 1. The maximum absolute atomic E-state index is 14.3. The number of fused-ring (bicyclic) bond motifs is 5. The minimum atomic E-state index is -1.30. The van der Waals surface area contributed by atoms with Gasteiger partial charge in [-0.2, -0.15) is 0 Å². The Balaban J connectivity index is 1.41. The Kier molecular flexibility index (Phi) is 12.9. The van der Waals surface area contributed by atoms with Gasteiger partial charge >= 0.3 is 5.97 Å². The molecule has 0 aliphatic carbocycles. The van der Waals surface area contributed by atoms with Crippen molar-refractivity contribution in [2.24, 2.45) is 29.6 Å². The second-order valence-corrected chi connectivity index (χ2v) is 17.4. The van der Waals surface area contributed by atoms with Gasteiger partial charge in [-0.05, 0) is 91.6 Å². The SMILES string of the molecule is CC[C@H]1OC(=O)[C@H](C)[C@H]2OCC(Cc3ccc(-c4ncccn4)c(N)n3)CO[C@](C)(C[C@@H](C)C3OC1(C)C(=O)C3C)[C@H](O[C@@H]1O[C@H](C)C[C@H](N(C)C)[C@H]1O)[C@@H]2C. The summed E-state index contributed by atoms with van der Waals surface area (Å²) in [6, 6.07) is 5.33. The Labute approximate surface area is 331 Å². The van der Waals surface area contributed by atoms with Crippen LogP contribution in [0, 0.1) is 29.6 Å². The van der Waals surface area contributed by atoms with Crippen molar-refractivity contribution >= 4 is 17.6 Å². The number of nitrogens with zero attached hydrogens (tertiary/aromatic N) is 4. The summed E-state index contributed by atoms with van der Waals surface area (Å²) in [5, 5.41) is 11.7. The van der Waals surface area contributed by atoms with Crippen molar-refractivity contribution < 1.29 is 43.1 Å². The topological polar surface area (TPSA) is 178 Å². The predicted octanol–water partition coefficient (Wildman–Crippen LogP) is 4.26. The molecule has 4 unspecified atom stereocenters. The fourth-order valence-corrected chi connectivity index (χ4v) is 9.69. The molecule has 0 amide bonds. The van der Waals surface area contributed by atoms with E-state index in [2.05, 4.69) is 16.9 Å². The average Bonchev–Trinajstić information content (AvgIpc) is 3.41. The highest BCUT2D eigenvalue weighted by atomic mass is 16.7. The first kappa shape index (κ1) is 42.5. The predicted molar refractivity (Wildman–Crippen MR) is 208 cm³/mol. The van der Waals surface area contributed by atoms with Crippen molar-refractivity contribution in [3.63, 3.8) is 0 Å². The lowest BCUT2D eigenvalue weighted by atomic mass is 9.75. The number of hydrogen-bond acceptors (Lipinski definition) is 14. The molecule has 0 aromatic carbocycles. The van der Waals surface area contributed by atoms with Crippen molar-refractivity contribution in [1.82, 2.24) is 19.9 Å². The molecule has 14 nitrogen and oxygen atoms in total. The number of carbonyl (C=O) groups excluding carboxylic acids is 2. The highest BCUT2D eigenvalue weighted by molar-refractivity contribution is 5.92. The largest absolute Gasteiger partial charge is 0.459 e. The number of ether oxygens (including phenoxy) is 6. The van der Waals surface area contributed by atoms with Crippen molar-refractivity contribution in [2.45, 2.75) is 141 Å². The Morgan fingerprint density at radius 2 is 1.73 bits per heavy atom. The highest BCUT2D eigenvalue weighted by Gasteiger charge is 2.58. The van der Waals surface area contributed by atoms with E-state index in [1.807, 2.05) is 65.7 Å². The molecule has 4 saturated heterocycles. The number of carbonyl (C=O) groups is 2. The number of ketones is 1. The molecule has 310 valence electrons. The van der Waals surface area contributed by atoms with Crippen molar-refractivity contribution in [3.8, 4) is 11.4 Å².